The van der Waals surface area contributed by atoms with Gasteiger partial charge in [-0.3, -0.25) is 24.6 Å². The lowest BCUT2D eigenvalue weighted by molar-refractivity contribution is -0.120. The van der Waals surface area contributed by atoms with Crippen molar-refractivity contribution >= 4 is 54.4 Å². The molecule has 2 heterocycles. The third kappa shape index (κ3) is 3.75. The van der Waals surface area contributed by atoms with Crippen molar-refractivity contribution in [3.63, 3.8) is 0 Å². The largest absolute Gasteiger partial charge is 0.300 e. The first kappa shape index (κ1) is 21.9. The Kier molecular flexibility index (Phi) is 5.24. The topological polar surface area (TPSA) is 140 Å². The van der Waals surface area contributed by atoms with Crippen molar-refractivity contribution in [3.8, 4) is 0 Å². The van der Waals surface area contributed by atoms with Crippen LogP contribution in [0, 0.1) is 0 Å². The predicted molar refractivity (Wildman–Crippen MR) is 126 cm³/mol. The molecule has 1 atom stereocenters. The number of nitrogens with zero attached hydrogens (tertiary/aromatic N) is 2. The molecular formula is C23H16N4O5S2. The van der Waals surface area contributed by atoms with Gasteiger partial charge in [0.15, 0.2) is 5.13 Å². The summed E-state index contributed by atoms with van der Waals surface area (Å²) in [6.45, 7) is 0. The highest BCUT2D eigenvalue weighted by Gasteiger charge is 2.43. The minimum absolute atomic E-state index is 0.0743. The maximum atomic E-state index is 13.4. The molecule has 1 aromatic heterocycles. The van der Waals surface area contributed by atoms with E-state index >= 15 is 0 Å². The molecular weight excluding hydrogens is 476 g/mol. The van der Waals surface area contributed by atoms with Crippen LogP contribution < -0.4 is 10.5 Å². The molecule has 34 heavy (non-hydrogen) atoms. The molecule has 5 rings (SSSR count). The van der Waals surface area contributed by atoms with E-state index < -0.39 is 33.8 Å². The smallest absolute Gasteiger partial charge is 0.262 e. The lowest BCUT2D eigenvalue weighted by atomic mass is 10.0. The monoisotopic (exact) mass is 492 g/mol. The van der Waals surface area contributed by atoms with Gasteiger partial charge in [-0.05, 0) is 35.9 Å². The number of nitrogens with one attached hydrogen (secondary N) is 1. The molecule has 170 valence electrons. The third-order valence-electron chi connectivity index (χ3n) is 5.37. The molecule has 1 aliphatic heterocycles. The van der Waals surface area contributed by atoms with Gasteiger partial charge in [0.1, 0.15) is 6.04 Å². The second kappa shape index (κ2) is 8.13. The number of thiazole rings is 1. The maximum absolute atomic E-state index is 13.4. The minimum atomic E-state index is -3.90. The van der Waals surface area contributed by atoms with Gasteiger partial charge in [-0.2, -0.15) is 0 Å². The summed E-state index contributed by atoms with van der Waals surface area (Å²) in [7, 11) is -3.90. The molecule has 0 saturated heterocycles. The van der Waals surface area contributed by atoms with Gasteiger partial charge in [0.05, 0.1) is 26.2 Å². The fourth-order valence-corrected chi connectivity index (χ4v) is 5.33. The van der Waals surface area contributed by atoms with Crippen molar-refractivity contribution in [3.05, 3.63) is 89.5 Å². The number of aromatic nitrogens is 1. The molecule has 0 aliphatic carbocycles. The number of nitrogens with two attached hydrogens (primary N) is 1. The van der Waals surface area contributed by atoms with E-state index in [4.69, 9.17) is 5.14 Å². The number of fused-ring (bicyclic) bond motifs is 2. The fourth-order valence-electron chi connectivity index (χ4n) is 3.80. The predicted octanol–water partition coefficient (Wildman–Crippen LogP) is 2.92. The number of amides is 3. The van der Waals surface area contributed by atoms with Crippen LogP contribution in [0.5, 0.6) is 0 Å². The molecule has 3 amide bonds. The van der Waals surface area contributed by atoms with Gasteiger partial charge in [-0.15, -0.1) is 0 Å². The number of hydrogen-bond acceptors (Lipinski definition) is 7. The van der Waals surface area contributed by atoms with Crippen LogP contribution in [0.25, 0.3) is 10.2 Å². The molecule has 9 nitrogen and oxygen atoms in total. The minimum Gasteiger partial charge on any atom is -0.300 e. The van der Waals surface area contributed by atoms with Crippen molar-refractivity contribution in [2.75, 3.05) is 5.32 Å². The van der Waals surface area contributed by atoms with Gasteiger partial charge < -0.3 is 0 Å². The van der Waals surface area contributed by atoms with Crippen LogP contribution in [-0.2, 0) is 14.8 Å². The van der Waals surface area contributed by atoms with Crippen molar-refractivity contribution in [2.24, 2.45) is 5.14 Å². The van der Waals surface area contributed by atoms with E-state index in [1.54, 1.807) is 54.6 Å². The van der Waals surface area contributed by atoms with E-state index in [9.17, 15) is 22.8 Å². The number of anilines is 1. The number of rotatable bonds is 5. The van der Waals surface area contributed by atoms with Gasteiger partial charge in [0.2, 0.25) is 10.0 Å². The van der Waals surface area contributed by atoms with Crippen molar-refractivity contribution < 1.29 is 22.8 Å². The number of benzene rings is 3. The van der Waals surface area contributed by atoms with E-state index in [0.29, 0.717) is 15.8 Å². The molecule has 0 fully saturated rings. The Morgan fingerprint density at radius 1 is 0.941 bits per heavy atom. The Balaban J connectivity index is 1.52. The van der Waals surface area contributed by atoms with Crippen LogP contribution in [0.4, 0.5) is 5.13 Å². The van der Waals surface area contributed by atoms with Gasteiger partial charge in [-0.1, -0.05) is 53.8 Å². The molecule has 4 aromatic rings. The summed E-state index contributed by atoms with van der Waals surface area (Å²) in [5, 5.41) is 8.05. The van der Waals surface area contributed by atoms with Crippen LogP contribution in [0.3, 0.4) is 0 Å². The second-order valence-corrected chi connectivity index (χ2v) is 10.1. The number of primary sulfonamides is 1. The average molecular weight is 493 g/mol. The summed E-state index contributed by atoms with van der Waals surface area (Å²) < 4.78 is 23.8. The fraction of sp³-hybridized carbons (Fsp3) is 0.0435. The first-order valence-electron chi connectivity index (χ1n) is 10.00. The van der Waals surface area contributed by atoms with Gasteiger partial charge in [0, 0.05) is 0 Å². The van der Waals surface area contributed by atoms with Crippen molar-refractivity contribution in [2.45, 2.75) is 10.9 Å². The third-order valence-corrected chi connectivity index (χ3v) is 7.21. The molecule has 3 N–H and O–H groups in total. The lowest BCUT2D eigenvalue weighted by Gasteiger charge is -2.25. The Labute approximate surface area is 197 Å². The molecule has 0 bridgehead atoms. The standard InChI is InChI=1S/C23H16N4O5S2/c24-34(31,32)14-10-11-17-18(12-14)33-23(25-17)26-20(28)19(13-6-2-1-3-7-13)27-21(29)15-8-4-5-9-16(15)22(27)30/h1-12,19H,(H2,24,31,32)(H,25,26,28). The first-order valence-corrected chi connectivity index (χ1v) is 12.4. The van der Waals surface area contributed by atoms with E-state index in [1.165, 1.54) is 18.2 Å². The van der Waals surface area contributed by atoms with Crippen molar-refractivity contribution in [1.29, 1.82) is 0 Å². The number of imide groups is 1. The zero-order chi connectivity index (χ0) is 24.0. The van der Waals surface area contributed by atoms with Crippen LogP contribution in [0.1, 0.15) is 32.3 Å². The van der Waals surface area contributed by atoms with Crippen LogP contribution in [0.15, 0.2) is 77.7 Å². The molecule has 0 saturated carbocycles. The maximum Gasteiger partial charge on any atom is 0.262 e. The van der Waals surface area contributed by atoms with E-state index in [2.05, 4.69) is 10.3 Å². The number of sulfonamides is 1. The van der Waals surface area contributed by atoms with Gasteiger partial charge in [-0.25, -0.2) is 18.5 Å². The first-order chi connectivity index (χ1) is 16.2. The highest BCUT2D eigenvalue weighted by molar-refractivity contribution is 7.89. The Bertz CT molecular complexity index is 1550. The average Bonchev–Trinajstić information content (AvgIpc) is 3.33. The van der Waals surface area contributed by atoms with E-state index in [0.717, 1.165) is 16.2 Å². The summed E-state index contributed by atoms with van der Waals surface area (Å²) in [6.07, 6.45) is 0. The summed E-state index contributed by atoms with van der Waals surface area (Å²) in [4.78, 5) is 44.8. The zero-order valence-corrected chi connectivity index (χ0v) is 19.0. The highest BCUT2D eigenvalue weighted by Crippen LogP contribution is 2.34. The van der Waals surface area contributed by atoms with Gasteiger partial charge >= 0.3 is 0 Å². The van der Waals surface area contributed by atoms with Crippen LogP contribution >= 0.6 is 11.3 Å². The van der Waals surface area contributed by atoms with Crippen LogP contribution in [-0.4, -0.2) is 36.0 Å². The highest BCUT2D eigenvalue weighted by atomic mass is 32.2. The van der Waals surface area contributed by atoms with Crippen LogP contribution in [0.2, 0.25) is 0 Å². The van der Waals surface area contributed by atoms with E-state index in [1.807, 2.05) is 0 Å². The van der Waals surface area contributed by atoms with E-state index in [-0.39, 0.29) is 21.2 Å². The number of carbonyl (C=O) groups excluding carboxylic acids is 3. The van der Waals surface area contributed by atoms with Crippen molar-refractivity contribution in [1.82, 2.24) is 9.88 Å². The number of hydrogen-bond donors (Lipinski definition) is 2. The Morgan fingerprint density at radius 2 is 1.56 bits per heavy atom. The quantitative estimate of drug-likeness (QED) is 0.411. The normalized spacial score (nSPS) is 14.3. The molecule has 3 aromatic carbocycles. The molecule has 1 unspecified atom stereocenters. The summed E-state index contributed by atoms with van der Waals surface area (Å²) in [6, 6.07) is 17.8. The Hall–Kier alpha value is -3.93. The summed E-state index contributed by atoms with van der Waals surface area (Å²) in [5.74, 6) is -1.76. The number of carbonyl (C=O) groups is 3. The molecule has 1 aliphatic rings. The SMILES string of the molecule is NS(=O)(=O)c1ccc2nc(NC(=O)C(c3ccccc3)N3C(=O)c4ccccc4C3=O)sc2c1. The van der Waals surface area contributed by atoms with Gasteiger partial charge in [0.25, 0.3) is 17.7 Å². The lowest BCUT2D eigenvalue weighted by Crippen LogP contribution is -2.40. The molecule has 11 heteroatoms. The summed E-state index contributed by atoms with van der Waals surface area (Å²) in [5.41, 5.74) is 1.38. The Morgan fingerprint density at radius 3 is 2.18 bits per heavy atom. The molecule has 0 spiro atoms. The summed E-state index contributed by atoms with van der Waals surface area (Å²) >= 11 is 1.05. The molecule has 0 radical (unpaired) electrons. The second-order valence-electron chi connectivity index (χ2n) is 7.52. The zero-order valence-electron chi connectivity index (χ0n) is 17.3.